The van der Waals surface area contributed by atoms with Gasteiger partial charge in [-0.25, -0.2) is 0 Å². The Balaban J connectivity index is 1.65. The van der Waals surface area contributed by atoms with Crippen molar-refractivity contribution in [3.05, 3.63) is 35.9 Å². The summed E-state index contributed by atoms with van der Waals surface area (Å²) < 4.78 is 0. The molecule has 1 aromatic carbocycles. The molecule has 0 unspecified atom stereocenters. The van der Waals surface area contributed by atoms with Crippen LogP contribution in [0.4, 0.5) is 0 Å². The molecule has 5 heteroatoms. The van der Waals surface area contributed by atoms with E-state index in [-0.39, 0.29) is 18.0 Å². The molecule has 98 valence electrons. The molecule has 1 heterocycles. The highest BCUT2D eigenvalue weighted by atomic mass is 16.6. The van der Waals surface area contributed by atoms with Gasteiger partial charge in [-0.3, -0.25) is 9.63 Å². The second-order valence-corrected chi connectivity index (χ2v) is 4.53. The fourth-order valence-electron chi connectivity index (χ4n) is 2.02. The van der Waals surface area contributed by atoms with Crippen LogP contribution in [0, 0.1) is 0 Å². The number of carbonyl (C=O) groups is 1. The first kappa shape index (κ1) is 13.0. The Morgan fingerprint density at radius 3 is 2.78 bits per heavy atom. The molecule has 1 amide bonds. The molecule has 0 saturated carbocycles. The first-order chi connectivity index (χ1) is 8.75. The molecule has 1 fully saturated rings. The predicted molar refractivity (Wildman–Crippen MR) is 68.4 cm³/mol. The third-order valence-electron chi connectivity index (χ3n) is 3.09. The molecule has 2 rings (SSSR count). The van der Waals surface area contributed by atoms with Crippen LogP contribution in [0.5, 0.6) is 0 Å². The average Bonchev–Trinajstić information content (AvgIpc) is 2.40. The highest BCUT2D eigenvalue weighted by Gasteiger charge is 2.23. The van der Waals surface area contributed by atoms with Gasteiger partial charge in [-0.15, -0.1) is 0 Å². The fraction of sp³-hybridized carbons (Fsp3) is 0.462. The third-order valence-corrected chi connectivity index (χ3v) is 3.09. The summed E-state index contributed by atoms with van der Waals surface area (Å²) in [6.45, 7) is 1.24. The number of nitrogens with two attached hydrogens (primary N) is 1. The van der Waals surface area contributed by atoms with Gasteiger partial charge in [-0.05, 0) is 18.4 Å². The highest BCUT2D eigenvalue weighted by molar-refractivity contribution is 5.79. The molecule has 0 spiro atoms. The molecule has 0 radical (unpaired) electrons. The van der Waals surface area contributed by atoms with Gasteiger partial charge in [0.15, 0.2) is 0 Å². The van der Waals surface area contributed by atoms with Crippen molar-refractivity contribution in [2.24, 2.45) is 5.73 Å². The number of piperidine rings is 1. The van der Waals surface area contributed by atoms with Crippen molar-refractivity contribution >= 4 is 5.91 Å². The van der Waals surface area contributed by atoms with Gasteiger partial charge in [0.1, 0.15) is 0 Å². The van der Waals surface area contributed by atoms with Crippen molar-refractivity contribution < 1.29 is 9.63 Å². The van der Waals surface area contributed by atoms with Gasteiger partial charge in [0.05, 0.1) is 12.6 Å². The average molecular weight is 249 g/mol. The van der Waals surface area contributed by atoms with Crippen LogP contribution in [0.3, 0.4) is 0 Å². The number of hydrogen-bond donors (Lipinski definition) is 3. The second-order valence-electron chi connectivity index (χ2n) is 4.53. The number of benzene rings is 1. The molecule has 18 heavy (non-hydrogen) atoms. The van der Waals surface area contributed by atoms with E-state index in [0.29, 0.717) is 13.2 Å². The lowest BCUT2D eigenvalue weighted by Gasteiger charge is -2.28. The number of carbonyl (C=O) groups excluding carboxylic acids is 1. The van der Waals surface area contributed by atoms with Crippen LogP contribution in [-0.2, 0) is 16.2 Å². The zero-order valence-electron chi connectivity index (χ0n) is 10.3. The first-order valence-corrected chi connectivity index (χ1v) is 6.19. The number of amides is 1. The zero-order chi connectivity index (χ0) is 12.8. The lowest BCUT2D eigenvalue weighted by atomic mass is 10.0. The molecule has 0 aromatic heterocycles. The second kappa shape index (κ2) is 6.49. The number of hydroxylamine groups is 1. The van der Waals surface area contributed by atoms with Crippen LogP contribution in [0.2, 0.25) is 0 Å². The number of hydrogen-bond acceptors (Lipinski definition) is 4. The van der Waals surface area contributed by atoms with Crippen molar-refractivity contribution in [3.8, 4) is 0 Å². The van der Waals surface area contributed by atoms with E-state index in [1.807, 2.05) is 30.3 Å². The molecular weight excluding hydrogens is 230 g/mol. The highest BCUT2D eigenvalue weighted by Crippen LogP contribution is 2.08. The maximum Gasteiger partial charge on any atom is 0.234 e. The summed E-state index contributed by atoms with van der Waals surface area (Å²) in [6.07, 6.45) is 1.64. The smallest absolute Gasteiger partial charge is 0.234 e. The molecular formula is C13H19N3O2. The van der Waals surface area contributed by atoms with Crippen LogP contribution >= 0.6 is 0 Å². The predicted octanol–water partition coefficient (Wildman–Crippen LogP) is 0.314. The largest absolute Gasteiger partial charge is 0.368 e. The van der Waals surface area contributed by atoms with Crippen LogP contribution in [0.1, 0.15) is 18.4 Å². The minimum Gasteiger partial charge on any atom is -0.368 e. The van der Waals surface area contributed by atoms with Gasteiger partial charge in [0.2, 0.25) is 5.91 Å². The quantitative estimate of drug-likeness (QED) is 0.657. The minimum absolute atomic E-state index is 0.197. The van der Waals surface area contributed by atoms with Crippen molar-refractivity contribution in [1.29, 1.82) is 0 Å². The van der Waals surface area contributed by atoms with Gasteiger partial charge < -0.3 is 11.1 Å². The maximum atomic E-state index is 11.0. The molecule has 1 saturated heterocycles. The van der Waals surface area contributed by atoms with E-state index in [2.05, 4.69) is 10.8 Å². The summed E-state index contributed by atoms with van der Waals surface area (Å²) in [5.41, 5.74) is 9.38. The number of primary amides is 1. The molecule has 0 bridgehead atoms. The summed E-state index contributed by atoms with van der Waals surface area (Å²) in [4.78, 5) is 16.4. The van der Waals surface area contributed by atoms with Gasteiger partial charge >= 0.3 is 0 Å². The summed E-state index contributed by atoms with van der Waals surface area (Å²) in [5.74, 6) is -0.279. The monoisotopic (exact) mass is 249 g/mol. The summed E-state index contributed by atoms with van der Waals surface area (Å²) >= 11 is 0. The minimum atomic E-state index is -0.279. The zero-order valence-corrected chi connectivity index (χ0v) is 10.3. The molecule has 1 aliphatic rings. The Morgan fingerprint density at radius 1 is 1.39 bits per heavy atom. The molecule has 5 nitrogen and oxygen atoms in total. The lowest BCUT2D eigenvalue weighted by Crippen LogP contribution is -2.52. The van der Waals surface area contributed by atoms with E-state index >= 15 is 0 Å². The summed E-state index contributed by atoms with van der Waals surface area (Å²) in [7, 11) is 0. The Bertz CT molecular complexity index is 375. The van der Waals surface area contributed by atoms with E-state index in [9.17, 15) is 4.79 Å². The normalized spacial score (nSPS) is 23.8. The first-order valence-electron chi connectivity index (χ1n) is 6.19. The van der Waals surface area contributed by atoms with Crippen LogP contribution in [0.15, 0.2) is 30.3 Å². The molecule has 4 N–H and O–H groups in total. The number of nitrogens with one attached hydrogen (secondary N) is 2. The van der Waals surface area contributed by atoms with Crippen molar-refractivity contribution in [2.45, 2.75) is 31.5 Å². The number of rotatable bonds is 5. The van der Waals surface area contributed by atoms with Crippen molar-refractivity contribution in [1.82, 2.24) is 10.8 Å². The fourth-order valence-corrected chi connectivity index (χ4v) is 2.02. The van der Waals surface area contributed by atoms with Crippen molar-refractivity contribution in [3.63, 3.8) is 0 Å². The standard InChI is InChI=1S/C13H19N3O2/c14-13(17)12-7-6-11(8-15-12)16-18-9-10-4-2-1-3-5-10/h1-5,11-12,15-16H,6-9H2,(H2,14,17)/t11-,12-/m0/s1. The van der Waals surface area contributed by atoms with Crippen LogP contribution in [-0.4, -0.2) is 24.5 Å². The Labute approximate surface area is 107 Å². The maximum absolute atomic E-state index is 11.0. The Kier molecular flexibility index (Phi) is 4.69. The molecule has 0 aliphatic carbocycles. The van der Waals surface area contributed by atoms with Gasteiger partial charge in [-0.2, -0.15) is 5.48 Å². The van der Waals surface area contributed by atoms with E-state index in [1.165, 1.54) is 0 Å². The molecule has 1 aromatic rings. The van der Waals surface area contributed by atoms with Crippen LogP contribution < -0.4 is 16.5 Å². The van der Waals surface area contributed by atoms with Gasteiger partial charge in [0, 0.05) is 12.6 Å². The topological polar surface area (TPSA) is 76.4 Å². The molecule has 1 aliphatic heterocycles. The van der Waals surface area contributed by atoms with E-state index in [4.69, 9.17) is 10.6 Å². The van der Waals surface area contributed by atoms with E-state index < -0.39 is 0 Å². The Morgan fingerprint density at radius 2 is 2.17 bits per heavy atom. The molecule has 2 atom stereocenters. The van der Waals surface area contributed by atoms with E-state index in [1.54, 1.807) is 0 Å². The van der Waals surface area contributed by atoms with E-state index in [0.717, 1.165) is 18.4 Å². The summed E-state index contributed by atoms with van der Waals surface area (Å²) in [5, 5.41) is 3.10. The Hall–Kier alpha value is -1.43. The van der Waals surface area contributed by atoms with Crippen LogP contribution in [0.25, 0.3) is 0 Å². The summed E-state index contributed by atoms with van der Waals surface area (Å²) in [6, 6.07) is 10.0. The SMILES string of the molecule is NC(=O)[C@@H]1CC[C@H](NOCc2ccccc2)CN1. The van der Waals surface area contributed by atoms with Crippen molar-refractivity contribution in [2.75, 3.05) is 6.54 Å². The lowest BCUT2D eigenvalue weighted by molar-refractivity contribution is -0.120. The van der Waals surface area contributed by atoms with Gasteiger partial charge in [-0.1, -0.05) is 30.3 Å². The third kappa shape index (κ3) is 3.80. The van der Waals surface area contributed by atoms with Gasteiger partial charge in [0.25, 0.3) is 0 Å².